The molecule has 0 saturated heterocycles. The van der Waals surface area contributed by atoms with Crippen molar-refractivity contribution in [1.82, 2.24) is 5.32 Å². The van der Waals surface area contributed by atoms with Gasteiger partial charge in [-0.2, -0.15) is 0 Å². The van der Waals surface area contributed by atoms with Crippen molar-refractivity contribution >= 4 is 74.7 Å². The topological polar surface area (TPSA) is 103 Å². The zero-order chi connectivity index (χ0) is 24.0. The van der Waals surface area contributed by atoms with E-state index in [1.54, 1.807) is 20.8 Å². The van der Waals surface area contributed by atoms with Crippen molar-refractivity contribution in [3.05, 3.63) is 43.7 Å². The molecule has 2 N–H and O–H groups in total. The fourth-order valence-corrected chi connectivity index (χ4v) is 4.61. The standard InChI is InChI=1S/C20H20Cl2N2O6S2/c1-5-29-18(26)13-9(3)15(19(27)30-6-2)32-17(13)24-20(31)23-16(25)11-7-10(21)8-12(22)14(11)28-4/h7-8H,5-6H2,1-4H3,(H2,23,24,25,31). The third-order valence-electron chi connectivity index (χ3n) is 4.00. The van der Waals surface area contributed by atoms with E-state index in [-0.39, 0.29) is 55.1 Å². The van der Waals surface area contributed by atoms with Gasteiger partial charge in [0.15, 0.2) is 5.11 Å². The van der Waals surface area contributed by atoms with Crippen molar-refractivity contribution in [1.29, 1.82) is 0 Å². The van der Waals surface area contributed by atoms with Gasteiger partial charge in [-0.05, 0) is 50.7 Å². The molecule has 0 atom stereocenters. The minimum atomic E-state index is -0.642. The highest BCUT2D eigenvalue weighted by molar-refractivity contribution is 7.80. The minimum Gasteiger partial charge on any atom is -0.494 e. The molecule has 0 unspecified atom stereocenters. The van der Waals surface area contributed by atoms with Crippen LogP contribution in [0.4, 0.5) is 5.00 Å². The summed E-state index contributed by atoms with van der Waals surface area (Å²) in [4.78, 5) is 37.7. The van der Waals surface area contributed by atoms with Crippen LogP contribution in [0, 0.1) is 6.92 Å². The largest absolute Gasteiger partial charge is 0.494 e. The summed E-state index contributed by atoms with van der Waals surface area (Å²) in [5.74, 6) is -1.74. The fraction of sp³-hybridized carbons (Fsp3) is 0.300. The highest BCUT2D eigenvalue weighted by atomic mass is 35.5. The quantitative estimate of drug-likeness (QED) is 0.395. The number of esters is 2. The van der Waals surface area contributed by atoms with Gasteiger partial charge in [-0.3, -0.25) is 10.1 Å². The highest BCUT2D eigenvalue weighted by Gasteiger charge is 2.27. The smallest absolute Gasteiger partial charge is 0.348 e. The van der Waals surface area contributed by atoms with E-state index in [0.29, 0.717) is 5.56 Å². The van der Waals surface area contributed by atoms with Crippen LogP contribution in [0.2, 0.25) is 10.0 Å². The molecular formula is C20H20Cl2N2O6S2. The molecule has 0 saturated carbocycles. The van der Waals surface area contributed by atoms with Crippen molar-refractivity contribution in [2.24, 2.45) is 0 Å². The zero-order valence-corrected chi connectivity index (χ0v) is 20.7. The zero-order valence-electron chi connectivity index (χ0n) is 17.6. The number of thiophene rings is 1. The van der Waals surface area contributed by atoms with Gasteiger partial charge in [0.1, 0.15) is 15.6 Å². The summed E-state index contributed by atoms with van der Waals surface area (Å²) in [6, 6.07) is 2.81. The van der Waals surface area contributed by atoms with Crippen LogP contribution in [0.25, 0.3) is 0 Å². The number of anilines is 1. The van der Waals surface area contributed by atoms with Crippen LogP contribution in [-0.4, -0.2) is 43.3 Å². The van der Waals surface area contributed by atoms with E-state index in [1.807, 2.05) is 0 Å². The molecule has 0 bridgehead atoms. The lowest BCUT2D eigenvalue weighted by Crippen LogP contribution is -2.34. The molecule has 32 heavy (non-hydrogen) atoms. The number of hydrogen-bond acceptors (Lipinski definition) is 8. The Hall–Kier alpha value is -2.40. The van der Waals surface area contributed by atoms with Crippen LogP contribution >= 0.6 is 46.8 Å². The number of carbonyl (C=O) groups excluding carboxylic acids is 3. The number of halogens is 2. The second kappa shape index (κ2) is 11.5. The Morgan fingerprint density at radius 3 is 2.31 bits per heavy atom. The first-order chi connectivity index (χ1) is 15.1. The maximum Gasteiger partial charge on any atom is 0.348 e. The molecule has 0 aliphatic carbocycles. The lowest BCUT2D eigenvalue weighted by Gasteiger charge is -2.13. The first-order valence-electron chi connectivity index (χ1n) is 9.27. The molecule has 0 aliphatic heterocycles. The van der Waals surface area contributed by atoms with Crippen LogP contribution in [-0.2, 0) is 9.47 Å². The summed E-state index contributed by atoms with van der Waals surface area (Å²) in [7, 11) is 1.36. The number of hydrogen-bond donors (Lipinski definition) is 2. The summed E-state index contributed by atoms with van der Waals surface area (Å²) < 4.78 is 15.3. The summed E-state index contributed by atoms with van der Waals surface area (Å²) in [5, 5.41) is 5.74. The van der Waals surface area contributed by atoms with Crippen LogP contribution in [0.15, 0.2) is 12.1 Å². The monoisotopic (exact) mass is 518 g/mol. The number of ether oxygens (including phenoxy) is 3. The molecule has 0 radical (unpaired) electrons. The molecule has 12 heteroatoms. The van der Waals surface area contributed by atoms with Gasteiger partial charge in [-0.25, -0.2) is 9.59 Å². The van der Waals surface area contributed by atoms with Crippen molar-refractivity contribution in [2.45, 2.75) is 20.8 Å². The van der Waals surface area contributed by atoms with E-state index in [0.717, 1.165) is 11.3 Å². The molecule has 1 amide bonds. The van der Waals surface area contributed by atoms with E-state index in [1.165, 1.54) is 19.2 Å². The van der Waals surface area contributed by atoms with E-state index >= 15 is 0 Å². The average Bonchev–Trinajstić information content (AvgIpc) is 3.03. The van der Waals surface area contributed by atoms with Crippen molar-refractivity contribution in [3.8, 4) is 5.75 Å². The van der Waals surface area contributed by atoms with Crippen LogP contribution in [0.3, 0.4) is 0 Å². The molecular weight excluding hydrogens is 499 g/mol. The molecule has 1 aromatic heterocycles. The summed E-state index contributed by atoms with van der Waals surface area (Å²) >= 11 is 18.2. The van der Waals surface area contributed by atoms with Gasteiger partial charge in [0.25, 0.3) is 5.91 Å². The van der Waals surface area contributed by atoms with Gasteiger partial charge in [0.2, 0.25) is 0 Å². The highest BCUT2D eigenvalue weighted by Crippen LogP contribution is 2.35. The van der Waals surface area contributed by atoms with Gasteiger partial charge in [-0.1, -0.05) is 23.2 Å². The Morgan fingerprint density at radius 1 is 1.09 bits per heavy atom. The first-order valence-corrected chi connectivity index (χ1v) is 11.3. The minimum absolute atomic E-state index is 0.0642. The molecule has 1 aromatic carbocycles. The number of amides is 1. The number of carbonyl (C=O) groups is 3. The SMILES string of the molecule is CCOC(=O)c1sc(NC(=S)NC(=O)c2cc(Cl)cc(Cl)c2OC)c(C(=O)OCC)c1C. The molecule has 8 nitrogen and oxygen atoms in total. The van der Waals surface area contributed by atoms with Crippen LogP contribution in [0.5, 0.6) is 5.75 Å². The summed E-state index contributed by atoms with van der Waals surface area (Å²) in [6.07, 6.45) is 0. The maximum absolute atomic E-state index is 12.7. The molecule has 0 spiro atoms. The molecule has 1 heterocycles. The van der Waals surface area contributed by atoms with Crippen LogP contribution < -0.4 is 15.4 Å². The Labute approximate surface area is 204 Å². The predicted octanol–water partition coefficient (Wildman–Crippen LogP) is 4.85. The predicted molar refractivity (Wildman–Crippen MR) is 128 cm³/mol. The molecule has 0 aliphatic rings. The summed E-state index contributed by atoms with van der Waals surface area (Å²) in [6.45, 7) is 5.24. The second-order valence-corrected chi connectivity index (χ2v) is 8.35. The van der Waals surface area contributed by atoms with Crippen molar-refractivity contribution < 1.29 is 28.6 Å². The van der Waals surface area contributed by atoms with Gasteiger partial charge in [-0.15, -0.1) is 11.3 Å². The average molecular weight is 519 g/mol. The van der Waals surface area contributed by atoms with Crippen LogP contribution in [0.1, 0.15) is 49.8 Å². The van der Waals surface area contributed by atoms with Crippen molar-refractivity contribution in [2.75, 3.05) is 25.6 Å². The Bertz CT molecular complexity index is 1070. The van der Waals surface area contributed by atoms with Gasteiger partial charge in [0, 0.05) is 5.02 Å². The second-order valence-electron chi connectivity index (χ2n) is 6.08. The Balaban J connectivity index is 2.33. The van der Waals surface area contributed by atoms with E-state index < -0.39 is 17.8 Å². The number of rotatable bonds is 7. The van der Waals surface area contributed by atoms with Gasteiger partial charge < -0.3 is 19.5 Å². The number of methoxy groups -OCH3 is 1. The third kappa shape index (κ3) is 5.89. The molecule has 0 fully saturated rings. The van der Waals surface area contributed by atoms with Gasteiger partial charge >= 0.3 is 11.9 Å². The Morgan fingerprint density at radius 2 is 1.72 bits per heavy atom. The summed E-state index contributed by atoms with van der Waals surface area (Å²) in [5.41, 5.74) is 0.570. The van der Waals surface area contributed by atoms with E-state index in [9.17, 15) is 14.4 Å². The Kier molecular flexibility index (Phi) is 9.26. The number of benzene rings is 1. The maximum atomic E-state index is 12.7. The normalized spacial score (nSPS) is 10.3. The number of nitrogens with one attached hydrogen (secondary N) is 2. The number of thiocarbonyl (C=S) groups is 1. The van der Waals surface area contributed by atoms with E-state index in [2.05, 4.69) is 10.6 Å². The van der Waals surface area contributed by atoms with E-state index in [4.69, 9.17) is 49.6 Å². The first kappa shape index (κ1) is 25.9. The molecule has 172 valence electrons. The lowest BCUT2D eigenvalue weighted by atomic mass is 10.1. The van der Waals surface area contributed by atoms with Gasteiger partial charge in [0.05, 0.1) is 36.5 Å². The van der Waals surface area contributed by atoms with Crippen molar-refractivity contribution in [3.63, 3.8) is 0 Å². The fourth-order valence-electron chi connectivity index (χ4n) is 2.68. The molecule has 2 rings (SSSR count). The lowest BCUT2D eigenvalue weighted by molar-refractivity contribution is 0.0527. The molecule has 2 aromatic rings. The third-order valence-corrected chi connectivity index (χ3v) is 5.89.